The summed E-state index contributed by atoms with van der Waals surface area (Å²) in [5, 5.41) is 11.1. The fourth-order valence-electron chi connectivity index (χ4n) is 1.05. The van der Waals surface area contributed by atoms with Crippen LogP contribution in [0, 0.1) is 0 Å². The molecular formula is C9H10N2O3. The number of carbonyl (C=O) groups excluding carboxylic acids is 1. The molecule has 1 aromatic carbocycles. The molecule has 1 rings (SSSR count). The lowest BCUT2D eigenvalue weighted by atomic mass is 10.1. The molecule has 0 aliphatic rings. The van der Waals surface area contributed by atoms with Gasteiger partial charge in [-0.15, -0.1) is 0 Å². The van der Waals surface area contributed by atoms with Crippen molar-refractivity contribution >= 4 is 17.6 Å². The summed E-state index contributed by atoms with van der Waals surface area (Å²) in [4.78, 5) is 21.8. The van der Waals surface area contributed by atoms with Crippen LogP contribution in [-0.2, 0) is 0 Å². The van der Waals surface area contributed by atoms with Crippen molar-refractivity contribution < 1.29 is 14.7 Å². The largest absolute Gasteiger partial charge is 0.478 e. The molecular weight excluding hydrogens is 184 g/mol. The summed E-state index contributed by atoms with van der Waals surface area (Å²) in [5.41, 5.74) is 5.94. The first-order valence-electron chi connectivity index (χ1n) is 3.90. The molecule has 0 spiro atoms. The van der Waals surface area contributed by atoms with Crippen LogP contribution in [0.3, 0.4) is 0 Å². The Balaban J connectivity index is 3.20. The van der Waals surface area contributed by atoms with Crippen LogP contribution >= 0.6 is 0 Å². The number of hydrogen-bond donors (Lipinski definition) is 3. The van der Waals surface area contributed by atoms with Gasteiger partial charge in [0.2, 0.25) is 0 Å². The monoisotopic (exact) mass is 194 g/mol. The highest BCUT2D eigenvalue weighted by Crippen LogP contribution is 2.11. The van der Waals surface area contributed by atoms with E-state index in [0.717, 1.165) is 0 Å². The number of carboxylic acids is 1. The summed E-state index contributed by atoms with van der Waals surface area (Å²) in [6, 6.07) is 4.00. The van der Waals surface area contributed by atoms with E-state index < -0.39 is 5.97 Å². The number of benzene rings is 1. The topological polar surface area (TPSA) is 92.4 Å². The Morgan fingerprint density at radius 1 is 1.29 bits per heavy atom. The zero-order valence-corrected chi connectivity index (χ0v) is 7.57. The number of aromatic carboxylic acids is 1. The maximum absolute atomic E-state index is 11.2. The van der Waals surface area contributed by atoms with E-state index in [-0.39, 0.29) is 22.7 Å². The summed E-state index contributed by atoms with van der Waals surface area (Å²) < 4.78 is 0. The maximum Gasteiger partial charge on any atom is 0.335 e. The molecule has 74 valence electrons. The Morgan fingerprint density at radius 2 is 1.86 bits per heavy atom. The van der Waals surface area contributed by atoms with Gasteiger partial charge in [-0.1, -0.05) is 0 Å². The van der Waals surface area contributed by atoms with Gasteiger partial charge in [-0.3, -0.25) is 4.79 Å². The first-order valence-corrected chi connectivity index (χ1v) is 3.90. The number of nitrogen functional groups attached to an aromatic ring is 1. The molecule has 0 bridgehead atoms. The number of amides is 1. The zero-order chi connectivity index (χ0) is 10.7. The molecule has 0 aliphatic carbocycles. The molecule has 0 unspecified atom stereocenters. The average Bonchev–Trinajstić information content (AvgIpc) is 2.15. The van der Waals surface area contributed by atoms with Crippen molar-refractivity contribution in [2.75, 3.05) is 12.8 Å². The van der Waals surface area contributed by atoms with Gasteiger partial charge in [0.25, 0.3) is 5.91 Å². The number of rotatable bonds is 2. The summed E-state index contributed by atoms with van der Waals surface area (Å²) in [6.07, 6.45) is 0. The number of anilines is 1. The van der Waals surface area contributed by atoms with Crippen LogP contribution in [0.1, 0.15) is 20.7 Å². The van der Waals surface area contributed by atoms with Gasteiger partial charge in [0.05, 0.1) is 5.56 Å². The molecule has 5 heteroatoms. The highest BCUT2D eigenvalue weighted by molar-refractivity contribution is 5.98. The van der Waals surface area contributed by atoms with Crippen LogP contribution < -0.4 is 11.1 Å². The number of carbonyl (C=O) groups is 2. The average molecular weight is 194 g/mol. The molecule has 5 nitrogen and oxygen atoms in total. The Kier molecular flexibility index (Phi) is 2.71. The van der Waals surface area contributed by atoms with Gasteiger partial charge in [0, 0.05) is 18.3 Å². The van der Waals surface area contributed by atoms with Crippen molar-refractivity contribution in [2.45, 2.75) is 0 Å². The lowest BCUT2D eigenvalue weighted by Gasteiger charge is -2.03. The molecule has 1 aromatic rings. The van der Waals surface area contributed by atoms with E-state index in [0.29, 0.717) is 0 Å². The SMILES string of the molecule is CNC(=O)c1cc(N)cc(C(=O)O)c1. The van der Waals surface area contributed by atoms with Crippen LogP contribution in [0.5, 0.6) is 0 Å². The molecule has 0 radical (unpaired) electrons. The molecule has 14 heavy (non-hydrogen) atoms. The maximum atomic E-state index is 11.2. The van der Waals surface area contributed by atoms with Crippen molar-refractivity contribution in [3.8, 4) is 0 Å². The second-order valence-electron chi connectivity index (χ2n) is 2.73. The van der Waals surface area contributed by atoms with E-state index in [9.17, 15) is 9.59 Å². The number of nitrogens with one attached hydrogen (secondary N) is 1. The molecule has 4 N–H and O–H groups in total. The Morgan fingerprint density at radius 3 is 2.36 bits per heavy atom. The number of hydrogen-bond acceptors (Lipinski definition) is 3. The van der Waals surface area contributed by atoms with Crippen LogP contribution in [-0.4, -0.2) is 24.0 Å². The van der Waals surface area contributed by atoms with Gasteiger partial charge in [0.1, 0.15) is 0 Å². The molecule has 0 heterocycles. The van der Waals surface area contributed by atoms with Crippen molar-refractivity contribution in [3.63, 3.8) is 0 Å². The van der Waals surface area contributed by atoms with Crippen molar-refractivity contribution in [2.24, 2.45) is 0 Å². The van der Waals surface area contributed by atoms with E-state index in [1.54, 1.807) is 0 Å². The number of carboxylic acid groups (broad SMARTS) is 1. The minimum Gasteiger partial charge on any atom is -0.478 e. The fraction of sp³-hybridized carbons (Fsp3) is 0.111. The molecule has 0 saturated carbocycles. The predicted octanol–water partition coefficient (Wildman–Crippen LogP) is 0.327. The van der Waals surface area contributed by atoms with Crippen LogP contribution in [0.2, 0.25) is 0 Å². The minimum atomic E-state index is -1.11. The van der Waals surface area contributed by atoms with Gasteiger partial charge in [-0.05, 0) is 18.2 Å². The highest BCUT2D eigenvalue weighted by Gasteiger charge is 2.09. The third-order valence-corrected chi connectivity index (χ3v) is 1.69. The van der Waals surface area contributed by atoms with E-state index in [2.05, 4.69) is 5.32 Å². The molecule has 0 saturated heterocycles. The summed E-state index contributed by atoms with van der Waals surface area (Å²) in [5.74, 6) is -1.47. The Hall–Kier alpha value is -2.04. The van der Waals surface area contributed by atoms with Gasteiger partial charge in [0.15, 0.2) is 0 Å². The van der Waals surface area contributed by atoms with E-state index in [4.69, 9.17) is 10.8 Å². The third-order valence-electron chi connectivity index (χ3n) is 1.69. The van der Waals surface area contributed by atoms with Gasteiger partial charge in [-0.2, -0.15) is 0 Å². The smallest absolute Gasteiger partial charge is 0.335 e. The van der Waals surface area contributed by atoms with Gasteiger partial charge in [-0.25, -0.2) is 4.79 Å². The quantitative estimate of drug-likeness (QED) is 0.591. The first kappa shape index (κ1) is 10.0. The summed E-state index contributed by atoms with van der Waals surface area (Å²) in [7, 11) is 1.46. The van der Waals surface area contributed by atoms with Crippen LogP contribution in [0.4, 0.5) is 5.69 Å². The van der Waals surface area contributed by atoms with Gasteiger partial charge >= 0.3 is 5.97 Å². The fourth-order valence-corrected chi connectivity index (χ4v) is 1.05. The van der Waals surface area contributed by atoms with E-state index >= 15 is 0 Å². The molecule has 1 amide bonds. The Labute approximate surface area is 80.5 Å². The van der Waals surface area contributed by atoms with Crippen LogP contribution in [0.25, 0.3) is 0 Å². The predicted molar refractivity (Wildman–Crippen MR) is 51.2 cm³/mol. The highest BCUT2D eigenvalue weighted by atomic mass is 16.4. The molecule has 0 aliphatic heterocycles. The van der Waals surface area contributed by atoms with Gasteiger partial charge < -0.3 is 16.2 Å². The van der Waals surface area contributed by atoms with E-state index in [1.165, 1.54) is 25.2 Å². The standard InChI is InChI=1S/C9H10N2O3/c1-11-8(12)5-2-6(9(13)14)4-7(10)3-5/h2-4H,10H2,1H3,(H,11,12)(H,13,14). The number of nitrogens with two attached hydrogens (primary N) is 1. The second-order valence-corrected chi connectivity index (χ2v) is 2.73. The Bertz CT molecular complexity index is 388. The normalized spacial score (nSPS) is 9.50. The zero-order valence-electron chi connectivity index (χ0n) is 7.57. The second kappa shape index (κ2) is 3.78. The van der Waals surface area contributed by atoms with Crippen molar-refractivity contribution in [1.82, 2.24) is 5.32 Å². The summed E-state index contributed by atoms with van der Waals surface area (Å²) >= 11 is 0. The molecule has 0 fully saturated rings. The summed E-state index contributed by atoms with van der Waals surface area (Å²) in [6.45, 7) is 0. The molecule has 0 aromatic heterocycles. The minimum absolute atomic E-state index is 0.00333. The lowest BCUT2D eigenvalue weighted by molar-refractivity contribution is 0.0697. The lowest BCUT2D eigenvalue weighted by Crippen LogP contribution is -2.18. The third kappa shape index (κ3) is 2.01. The van der Waals surface area contributed by atoms with Crippen LogP contribution in [0.15, 0.2) is 18.2 Å². The van der Waals surface area contributed by atoms with Crippen molar-refractivity contribution in [3.05, 3.63) is 29.3 Å². The first-order chi connectivity index (χ1) is 6.54. The van der Waals surface area contributed by atoms with Crippen molar-refractivity contribution in [1.29, 1.82) is 0 Å². The van der Waals surface area contributed by atoms with E-state index in [1.807, 2.05) is 0 Å². The molecule has 0 atom stereocenters.